The minimum atomic E-state index is -0.346. The zero-order valence-electron chi connectivity index (χ0n) is 8.66. The van der Waals surface area contributed by atoms with Gasteiger partial charge in [-0.25, -0.2) is 4.39 Å². The summed E-state index contributed by atoms with van der Waals surface area (Å²) in [4.78, 5) is 11.6. The molecule has 0 saturated heterocycles. The molecule has 1 amide bonds. The van der Waals surface area contributed by atoms with Gasteiger partial charge in [0.05, 0.1) is 0 Å². The second-order valence-corrected chi connectivity index (χ2v) is 3.46. The van der Waals surface area contributed by atoms with E-state index in [0.29, 0.717) is 12.1 Å². The number of benzene rings is 1. The molecule has 82 valence electrons. The molecule has 0 bridgehead atoms. The number of amides is 1. The SMILES string of the molecule is CC(CCN)NC(=O)c1ccc(F)cc1. The molecule has 0 radical (unpaired) electrons. The summed E-state index contributed by atoms with van der Waals surface area (Å²) in [6, 6.07) is 5.48. The van der Waals surface area contributed by atoms with E-state index in [1.165, 1.54) is 24.3 Å². The van der Waals surface area contributed by atoms with Gasteiger partial charge in [0.25, 0.3) is 5.91 Å². The summed E-state index contributed by atoms with van der Waals surface area (Å²) in [5, 5.41) is 2.78. The Hall–Kier alpha value is -1.42. The number of hydrogen-bond acceptors (Lipinski definition) is 2. The van der Waals surface area contributed by atoms with Crippen LogP contribution in [0, 0.1) is 5.82 Å². The molecule has 3 N–H and O–H groups in total. The fraction of sp³-hybridized carbons (Fsp3) is 0.364. The van der Waals surface area contributed by atoms with Crippen molar-refractivity contribution in [3.8, 4) is 0 Å². The molecular weight excluding hydrogens is 195 g/mol. The lowest BCUT2D eigenvalue weighted by molar-refractivity contribution is 0.0939. The van der Waals surface area contributed by atoms with Gasteiger partial charge in [-0.15, -0.1) is 0 Å². The third-order valence-electron chi connectivity index (χ3n) is 2.08. The average molecular weight is 210 g/mol. The molecule has 0 heterocycles. The molecule has 0 aliphatic rings. The van der Waals surface area contributed by atoms with Crippen molar-refractivity contribution in [2.45, 2.75) is 19.4 Å². The van der Waals surface area contributed by atoms with Crippen molar-refractivity contribution >= 4 is 5.91 Å². The molecule has 3 nitrogen and oxygen atoms in total. The van der Waals surface area contributed by atoms with Crippen molar-refractivity contribution in [1.29, 1.82) is 0 Å². The van der Waals surface area contributed by atoms with Gasteiger partial charge >= 0.3 is 0 Å². The highest BCUT2D eigenvalue weighted by molar-refractivity contribution is 5.94. The summed E-state index contributed by atoms with van der Waals surface area (Å²) >= 11 is 0. The Morgan fingerprint density at radius 2 is 2.07 bits per heavy atom. The van der Waals surface area contributed by atoms with Crippen LogP contribution in [0.5, 0.6) is 0 Å². The van der Waals surface area contributed by atoms with Gasteiger partial charge in [-0.2, -0.15) is 0 Å². The highest BCUT2D eigenvalue weighted by Crippen LogP contribution is 2.03. The average Bonchev–Trinajstić information content (AvgIpc) is 2.18. The summed E-state index contributed by atoms with van der Waals surface area (Å²) in [7, 11) is 0. The topological polar surface area (TPSA) is 55.1 Å². The van der Waals surface area contributed by atoms with E-state index in [4.69, 9.17) is 5.73 Å². The molecule has 1 aromatic rings. The summed E-state index contributed by atoms with van der Waals surface area (Å²) in [5.74, 6) is -0.544. The number of nitrogens with one attached hydrogen (secondary N) is 1. The first-order valence-electron chi connectivity index (χ1n) is 4.90. The molecule has 0 aromatic heterocycles. The Balaban J connectivity index is 2.57. The number of nitrogens with two attached hydrogens (primary N) is 1. The van der Waals surface area contributed by atoms with Crippen molar-refractivity contribution in [3.63, 3.8) is 0 Å². The smallest absolute Gasteiger partial charge is 0.251 e. The molecule has 4 heteroatoms. The maximum Gasteiger partial charge on any atom is 0.251 e. The lowest BCUT2D eigenvalue weighted by atomic mass is 10.2. The van der Waals surface area contributed by atoms with Gasteiger partial charge in [-0.1, -0.05) is 0 Å². The summed E-state index contributed by atoms with van der Waals surface area (Å²) < 4.78 is 12.6. The Kier molecular flexibility index (Phi) is 4.24. The lowest BCUT2D eigenvalue weighted by Crippen LogP contribution is -2.33. The van der Waals surface area contributed by atoms with Crippen LogP contribution in [0.4, 0.5) is 4.39 Å². The fourth-order valence-corrected chi connectivity index (χ4v) is 1.23. The summed E-state index contributed by atoms with van der Waals surface area (Å²) in [6.07, 6.45) is 0.729. The number of rotatable bonds is 4. The Morgan fingerprint density at radius 3 is 2.60 bits per heavy atom. The van der Waals surface area contributed by atoms with Crippen molar-refractivity contribution < 1.29 is 9.18 Å². The van der Waals surface area contributed by atoms with Gasteiger partial charge in [0.1, 0.15) is 5.82 Å². The number of hydrogen-bond donors (Lipinski definition) is 2. The van der Waals surface area contributed by atoms with Crippen molar-refractivity contribution in [3.05, 3.63) is 35.6 Å². The van der Waals surface area contributed by atoms with E-state index in [1.54, 1.807) is 0 Å². The minimum absolute atomic E-state index is 0.0348. The van der Waals surface area contributed by atoms with E-state index in [1.807, 2.05) is 6.92 Å². The molecule has 1 aromatic carbocycles. The second-order valence-electron chi connectivity index (χ2n) is 3.46. The predicted octanol–water partition coefficient (Wildman–Crippen LogP) is 1.29. The van der Waals surface area contributed by atoms with E-state index in [9.17, 15) is 9.18 Å². The van der Waals surface area contributed by atoms with Crippen molar-refractivity contribution in [1.82, 2.24) is 5.32 Å². The number of carbonyl (C=O) groups excluding carboxylic acids is 1. The highest BCUT2D eigenvalue weighted by Gasteiger charge is 2.08. The quantitative estimate of drug-likeness (QED) is 0.786. The molecule has 0 fully saturated rings. The van der Waals surface area contributed by atoms with Crippen LogP contribution < -0.4 is 11.1 Å². The van der Waals surface area contributed by atoms with Crippen LogP contribution in [-0.2, 0) is 0 Å². The van der Waals surface area contributed by atoms with Gasteiger partial charge in [-0.3, -0.25) is 4.79 Å². The molecule has 0 aliphatic carbocycles. The maximum atomic E-state index is 12.6. The fourth-order valence-electron chi connectivity index (χ4n) is 1.23. The first-order chi connectivity index (χ1) is 7.13. The molecule has 1 unspecified atom stereocenters. The molecule has 0 spiro atoms. The van der Waals surface area contributed by atoms with Crippen molar-refractivity contribution in [2.24, 2.45) is 5.73 Å². The predicted molar refractivity (Wildman–Crippen MR) is 57.0 cm³/mol. The third-order valence-corrected chi connectivity index (χ3v) is 2.08. The zero-order valence-corrected chi connectivity index (χ0v) is 8.66. The van der Waals surface area contributed by atoms with Crippen LogP contribution in [-0.4, -0.2) is 18.5 Å². The molecular formula is C11H15FN2O. The van der Waals surface area contributed by atoms with E-state index >= 15 is 0 Å². The zero-order chi connectivity index (χ0) is 11.3. The molecule has 0 aliphatic heterocycles. The normalized spacial score (nSPS) is 12.2. The first-order valence-corrected chi connectivity index (χ1v) is 4.90. The van der Waals surface area contributed by atoms with Crippen LogP contribution in [0.25, 0.3) is 0 Å². The monoisotopic (exact) mass is 210 g/mol. The largest absolute Gasteiger partial charge is 0.350 e. The Morgan fingerprint density at radius 1 is 1.47 bits per heavy atom. The van der Waals surface area contributed by atoms with Crippen LogP contribution in [0.1, 0.15) is 23.7 Å². The molecule has 1 rings (SSSR count). The maximum absolute atomic E-state index is 12.6. The first kappa shape index (κ1) is 11.7. The van der Waals surface area contributed by atoms with E-state index < -0.39 is 0 Å². The number of carbonyl (C=O) groups is 1. The van der Waals surface area contributed by atoms with Crippen LogP contribution in [0.2, 0.25) is 0 Å². The number of halogens is 1. The third kappa shape index (κ3) is 3.67. The van der Waals surface area contributed by atoms with Crippen LogP contribution in [0.15, 0.2) is 24.3 Å². The standard InChI is InChI=1S/C11H15FN2O/c1-8(6-7-13)14-11(15)9-2-4-10(12)5-3-9/h2-5,8H,6-7,13H2,1H3,(H,14,15). The molecule has 0 saturated carbocycles. The Labute approximate surface area is 88.5 Å². The van der Waals surface area contributed by atoms with Gasteiger partial charge in [0.15, 0.2) is 0 Å². The molecule has 15 heavy (non-hydrogen) atoms. The van der Waals surface area contributed by atoms with Gasteiger partial charge in [0.2, 0.25) is 0 Å². The van der Waals surface area contributed by atoms with Gasteiger partial charge < -0.3 is 11.1 Å². The van der Waals surface area contributed by atoms with E-state index in [-0.39, 0.29) is 17.8 Å². The van der Waals surface area contributed by atoms with Gasteiger partial charge in [0, 0.05) is 11.6 Å². The van der Waals surface area contributed by atoms with E-state index in [0.717, 1.165) is 6.42 Å². The van der Waals surface area contributed by atoms with E-state index in [2.05, 4.69) is 5.32 Å². The lowest BCUT2D eigenvalue weighted by Gasteiger charge is -2.12. The van der Waals surface area contributed by atoms with Crippen molar-refractivity contribution in [2.75, 3.05) is 6.54 Å². The highest BCUT2D eigenvalue weighted by atomic mass is 19.1. The van der Waals surface area contributed by atoms with Crippen LogP contribution in [0.3, 0.4) is 0 Å². The minimum Gasteiger partial charge on any atom is -0.350 e. The summed E-state index contributed by atoms with van der Waals surface area (Å²) in [6.45, 7) is 2.42. The summed E-state index contributed by atoms with van der Waals surface area (Å²) in [5.41, 5.74) is 5.82. The molecule has 1 atom stereocenters. The second kappa shape index (κ2) is 5.46. The van der Waals surface area contributed by atoms with Crippen LogP contribution >= 0.6 is 0 Å². The van der Waals surface area contributed by atoms with Gasteiger partial charge in [-0.05, 0) is 44.2 Å². The Bertz CT molecular complexity index is 324.